The first-order valence-corrected chi connectivity index (χ1v) is 9.58. The van der Waals surface area contributed by atoms with E-state index in [0.717, 1.165) is 50.5 Å². The third kappa shape index (κ3) is 5.53. The smallest absolute Gasteiger partial charge is 0.0249 e. The first-order valence-electron chi connectivity index (χ1n) is 8.09. The minimum Gasteiger partial charge on any atom is -0.310 e. The summed E-state index contributed by atoms with van der Waals surface area (Å²) in [6, 6.07) is 9.48. The Morgan fingerprint density at radius 1 is 1.10 bits per heavy atom. The zero-order valence-corrected chi connectivity index (χ0v) is 14.1. The van der Waals surface area contributed by atoms with Gasteiger partial charge in [0.25, 0.3) is 0 Å². The molecule has 0 aliphatic carbocycles. The summed E-state index contributed by atoms with van der Waals surface area (Å²) in [7, 11) is -0.565. The summed E-state index contributed by atoms with van der Waals surface area (Å²) in [6.45, 7) is 8.57. The van der Waals surface area contributed by atoms with Gasteiger partial charge >= 0.3 is 0 Å². The topological polar surface area (TPSA) is 32.3 Å². The van der Waals surface area contributed by atoms with Gasteiger partial charge in [0.15, 0.2) is 0 Å². The second-order valence-corrected chi connectivity index (χ2v) is 7.48. The van der Waals surface area contributed by atoms with E-state index in [-0.39, 0.29) is 0 Å². The largest absolute Gasteiger partial charge is 0.310 e. The van der Waals surface area contributed by atoms with E-state index in [1.54, 1.807) is 0 Å². The molecule has 1 aliphatic heterocycles. The van der Waals surface area contributed by atoms with Crippen LogP contribution in [0.25, 0.3) is 0 Å². The van der Waals surface area contributed by atoms with Crippen molar-refractivity contribution < 1.29 is 4.21 Å². The second-order valence-electron chi connectivity index (χ2n) is 5.78. The Labute approximate surface area is 131 Å². The van der Waals surface area contributed by atoms with Gasteiger partial charge in [-0.15, -0.1) is 0 Å². The number of nitrogens with zero attached hydrogens (tertiary/aromatic N) is 1. The van der Waals surface area contributed by atoms with Crippen molar-refractivity contribution in [3.8, 4) is 0 Å². The SMILES string of the molecule is CCN(CC)Cc1ccc(CNC2CCS(=O)CC2)cc1. The van der Waals surface area contributed by atoms with Gasteiger partial charge in [0, 0.05) is 41.4 Å². The molecule has 0 atom stereocenters. The Hall–Kier alpha value is -0.710. The molecule has 0 aromatic heterocycles. The van der Waals surface area contributed by atoms with Gasteiger partial charge in [-0.05, 0) is 37.1 Å². The van der Waals surface area contributed by atoms with Crippen molar-refractivity contribution in [2.75, 3.05) is 24.6 Å². The van der Waals surface area contributed by atoms with Gasteiger partial charge < -0.3 is 5.32 Å². The highest BCUT2D eigenvalue weighted by Gasteiger charge is 2.16. The van der Waals surface area contributed by atoms with Gasteiger partial charge in [-0.2, -0.15) is 0 Å². The van der Waals surface area contributed by atoms with Gasteiger partial charge in [0.1, 0.15) is 0 Å². The fourth-order valence-electron chi connectivity index (χ4n) is 2.73. The molecule has 0 bridgehead atoms. The zero-order chi connectivity index (χ0) is 15.1. The summed E-state index contributed by atoms with van der Waals surface area (Å²) >= 11 is 0. The molecule has 118 valence electrons. The molecule has 3 nitrogen and oxygen atoms in total. The lowest BCUT2D eigenvalue weighted by atomic mass is 10.1. The number of benzene rings is 1. The molecule has 1 aromatic rings. The molecule has 0 saturated carbocycles. The molecule has 21 heavy (non-hydrogen) atoms. The minimum absolute atomic E-state index is 0.540. The maximum Gasteiger partial charge on any atom is 0.0249 e. The molecule has 0 spiro atoms. The van der Waals surface area contributed by atoms with Crippen LogP contribution in [0, 0.1) is 0 Å². The van der Waals surface area contributed by atoms with E-state index in [9.17, 15) is 4.21 Å². The Balaban J connectivity index is 1.78. The Morgan fingerprint density at radius 2 is 1.67 bits per heavy atom. The van der Waals surface area contributed by atoms with Crippen LogP contribution < -0.4 is 5.32 Å². The highest BCUT2D eigenvalue weighted by Crippen LogP contribution is 2.11. The average Bonchev–Trinajstić information content (AvgIpc) is 2.53. The van der Waals surface area contributed by atoms with Crippen molar-refractivity contribution in [2.45, 2.75) is 45.8 Å². The molecule has 4 heteroatoms. The van der Waals surface area contributed by atoms with Crippen molar-refractivity contribution in [1.82, 2.24) is 10.2 Å². The van der Waals surface area contributed by atoms with Gasteiger partial charge in [-0.3, -0.25) is 9.11 Å². The van der Waals surface area contributed by atoms with Crippen molar-refractivity contribution in [3.63, 3.8) is 0 Å². The van der Waals surface area contributed by atoms with Gasteiger partial charge in [-0.25, -0.2) is 0 Å². The molecule has 2 rings (SSSR count). The highest BCUT2D eigenvalue weighted by atomic mass is 32.2. The van der Waals surface area contributed by atoms with Crippen LogP contribution in [0.15, 0.2) is 24.3 Å². The molecule has 1 heterocycles. The molecule has 1 saturated heterocycles. The summed E-state index contributed by atoms with van der Waals surface area (Å²) in [6.07, 6.45) is 2.10. The lowest BCUT2D eigenvalue weighted by Crippen LogP contribution is -2.35. The molecule has 0 amide bonds. The number of rotatable bonds is 7. The molecule has 0 radical (unpaired) electrons. The van der Waals surface area contributed by atoms with E-state index >= 15 is 0 Å². The standard InChI is InChI=1S/C17H28N2OS/c1-3-19(4-2)14-16-7-5-15(6-8-16)13-18-17-9-11-21(20)12-10-17/h5-8,17-18H,3-4,9-14H2,1-2H3. The normalized spacial score (nSPS) is 22.6. The number of nitrogens with one attached hydrogen (secondary N) is 1. The first kappa shape index (κ1) is 16.7. The zero-order valence-electron chi connectivity index (χ0n) is 13.3. The summed E-state index contributed by atoms with van der Waals surface area (Å²) in [5, 5.41) is 3.60. The van der Waals surface area contributed by atoms with Crippen molar-refractivity contribution in [3.05, 3.63) is 35.4 Å². The van der Waals surface area contributed by atoms with Crippen LogP contribution in [-0.2, 0) is 23.9 Å². The predicted octanol–water partition coefficient (Wildman–Crippen LogP) is 2.53. The first-order chi connectivity index (χ1) is 10.2. The van der Waals surface area contributed by atoms with Crippen LogP contribution in [0.1, 0.15) is 37.8 Å². The summed E-state index contributed by atoms with van der Waals surface area (Å²) in [5.74, 6) is 1.72. The quantitative estimate of drug-likeness (QED) is 0.840. The van der Waals surface area contributed by atoms with E-state index in [0.29, 0.717) is 6.04 Å². The predicted molar refractivity (Wildman–Crippen MR) is 90.8 cm³/mol. The Morgan fingerprint density at radius 3 is 2.24 bits per heavy atom. The van der Waals surface area contributed by atoms with Gasteiger partial charge in [-0.1, -0.05) is 38.1 Å². The van der Waals surface area contributed by atoms with Crippen LogP contribution in [0.3, 0.4) is 0 Å². The van der Waals surface area contributed by atoms with Crippen molar-refractivity contribution in [1.29, 1.82) is 0 Å². The third-order valence-electron chi connectivity index (χ3n) is 4.31. The summed E-state index contributed by atoms with van der Waals surface area (Å²) in [5.41, 5.74) is 2.72. The van der Waals surface area contributed by atoms with Gasteiger partial charge in [0.05, 0.1) is 0 Å². The van der Waals surface area contributed by atoms with E-state index in [1.807, 2.05) is 0 Å². The maximum absolute atomic E-state index is 11.3. The van der Waals surface area contributed by atoms with Crippen LogP contribution in [-0.4, -0.2) is 39.7 Å². The van der Waals surface area contributed by atoms with Crippen LogP contribution in [0.2, 0.25) is 0 Å². The maximum atomic E-state index is 11.3. The van der Waals surface area contributed by atoms with Crippen LogP contribution >= 0.6 is 0 Å². The van der Waals surface area contributed by atoms with Crippen molar-refractivity contribution >= 4 is 10.8 Å². The van der Waals surface area contributed by atoms with E-state index in [1.165, 1.54) is 11.1 Å². The minimum atomic E-state index is -0.565. The molecule has 1 aromatic carbocycles. The van der Waals surface area contributed by atoms with Crippen LogP contribution in [0.5, 0.6) is 0 Å². The fraction of sp³-hybridized carbons (Fsp3) is 0.647. The average molecular weight is 308 g/mol. The highest BCUT2D eigenvalue weighted by molar-refractivity contribution is 7.85. The Bertz CT molecular complexity index is 433. The molecule has 1 aliphatic rings. The second kappa shape index (κ2) is 8.66. The van der Waals surface area contributed by atoms with E-state index in [2.05, 4.69) is 48.3 Å². The van der Waals surface area contributed by atoms with E-state index < -0.39 is 10.8 Å². The fourth-order valence-corrected chi connectivity index (χ4v) is 4.03. The third-order valence-corrected chi connectivity index (χ3v) is 5.69. The lowest BCUT2D eigenvalue weighted by Gasteiger charge is -2.22. The van der Waals surface area contributed by atoms with Gasteiger partial charge in [0.2, 0.25) is 0 Å². The summed E-state index contributed by atoms with van der Waals surface area (Å²) in [4.78, 5) is 2.43. The van der Waals surface area contributed by atoms with Crippen LogP contribution in [0.4, 0.5) is 0 Å². The molecular formula is C17H28N2OS. The molecule has 0 unspecified atom stereocenters. The number of hydrogen-bond donors (Lipinski definition) is 1. The van der Waals surface area contributed by atoms with Crippen molar-refractivity contribution in [2.24, 2.45) is 0 Å². The number of hydrogen-bond acceptors (Lipinski definition) is 3. The molecule has 1 N–H and O–H groups in total. The Kier molecular flexibility index (Phi) is 6.87. The van der Waals surface area contributed by atoms with E-state index in [4.69, 9.17) is 0 Å². The lowest BCUT2D eigenvalue weighted by molar-refractivity contribution is 0.296. The molecule has 1 fully saturated rings. The summed E-state index contributed by atoms with van der Waals surface area (Å²) < 4.78 is 11.3. The monoisotopic (exact) mass is 308 g/mol. The molecular weight excluding hydrogens is 280 g/mol.